The van der Waals surface area contributed by atoms with Crippen LogP contribution in [0.1, 0.15) is 61.8 Å². The predicted molar refractivity (Wildman–Crippen MR) is 136 cm³/mol. The van der Waals surface area contributed by atoms with Gasteiger partial charge in [0.15, 0.2) is 17.4 Å². The van der Waals surface area contributed by atoms with Crippen molar-refractivity contribution in [2.24, 2.45) is 5.73 Å². The number of rotatable bonds is 10. The number of hydrogen-bond donors (Lipinski definition) is 4. The Morgan fingerprint density at radius 3 is 2.24 bits per heavy atom. The van der Waals surface area contributed by atoms with Gasteiger partial charge in [-0.1, -0.05) is 19.3 Å². The molecule has 1 aromatic heterocycles. The summed E-state index contributed by atoms with van der Waals surface area (Å²) in [6, 6.07) is 2.66. The van der Waals surface area contributed by atoms with E-state index in [-0.39, 0.29) is 34.0 Å². The summed E-state index contributed by atoms with van der Waals surface area (Å²) in [5, 5.41) is 15.4. The van der Waals surface area contributed by atoms with E-state index in [9.17, 15) is 18.7 Å². The van der Waals surface area contributed by atoms with Gasteiger partial charge in [-0.05, 0) is 38.5 Å². The highest BCUT2D eigenvalue weighted by atomic mass is 19.3. The number of hydrogen-bond acceptors (Lipinski definition) is 9. The molecule has 0 unspecified atom stereocenters. The van der Waals surface area contributed by atoms with Crippen molar-refractivity contribution in [2.45, 2.75) is 58.4 Å². The topological polar surface area (TPSA) is 141 Å². The molecule has 1 fully saturated rings. The van der Waals surface area contributed by atoms with Crippen LogP contribution in [0.5, 0.6) is 17.2 Å². The molecule has 0 aliphatic heterocycles. The summed E-state index contributed by atoms with van der Waals surface area (Å²) in [5.74, 6) is -0.373. The van der Waals surface area contributed by atoms with Gasteiger partial charge in [0.1, 0.15) is 23.2 Å². The molecular weight excluding hydrogens is 488 g/mol. The van der Waals surface area contributed by atoms with Gasteiger partial charge in [0, 0.05) is 25.9 Å². The third kappa shape index (κ3) is 8.17. The number of nitrogens with two attached hydrogens (primary N) is 1. The number of alkyl halides is 2. The van der Waals surface area contributed by atoms with E-state index in [4.69, 9.17) is 15.2 Å². The lowest BCUT2D eigenvalue weighted by atomic mass is 10.0. The number of benzene rings is 1. The van der Waals surface area contributed by atoms with E-state index in [2.05, 4.69) is 25.3 Å². The molecule has 5 N–H and O–H groups in total. The molecule has 2 aromatic rings. The summed E-state index contributed by atoms with van der Waals surface area (Å²) in [7, 11) is 4.26. The third-order valence-electron chi connectivity index (χ3n) is 5.32. The minimum absolute atomic E-state index is 0.0142. The fourth-order valence-electron chi connectivity index (χ4n) is 2.84. The monoisotopic (exact) mass is 523 g/mol. The van der Waals surface area contributed by atoms with Crippen LogP contribution in [-0.4, -0.2) is 60.5 Å². The molecule has 1 atom stereocenters. The van der Waals surface area contributed by atoms with Gasteiger partial charge < -0.3 is 35.7 Å². The van der Waals surface area contributed by atoms with Crippen molar-refractivity contribution in [3.63, 3.8) is 0 Å². The van der Waals surface area contributed by atoms with Crippen molar-refractivity contribution in [3.05, 3.63) is 41.5 Å². The van der Waals surface area contributed by atoms with Crippen LogP contribution in [0.3, 0.4) is 0 Å². The number of ether oxygens (including phenoxy) is 3. The summed E-state index contributed by atoms with van der Waals surface area (Å²) < 4.78 is 41.8. The van der Waals surface area contributed by atoms with Gasteiger partial charge in [0.05, 0.1) is 18.9 Å². The maximum atomic E-state index is 13.1. The van der Waals surface area contributed by atoms with Gasteiger partial charge in [-0.25, -0.2) is 9.97 Å². The molecule has 0 bridgehead atoms. The predicted octanol–water partition coefficient (Wildman–Crippen LogP) is 3.54. The lowest BCUT2D eigenvalue weighted by Gasteiger charge is -2.27. The van der Waals surface area contributed by atoms with Crippen LogP contribution in [0.4, 0.5) is 14.6 Å². The van der Waals surface area contributed by atoms with Crippen LogP contribution in [0.15, 0.2) is 24.5 Å². The molecule has 3 rings (SSSR count). The highest BCUT2D eigenvalue weighted by molar-refractivity contribution is 6.00. The number of methoxy groups -OCH3 is 1. The van der Waals surface area contributed by atoms with Gasteiger partial charge in [-0.2, -0.15) is 8.78 Å². The van der Waals surface area contributed by atoms with Gasteiger partial charge >= 0.3 is 6.61 Å². The molecule has 0 spiro atoms. The number of aliphatic hydroxyl groups is 1. The van der Waals surface area contributed by atoms with Crippen LogP contribution in [0, 0.1) is 0 Å². The Balaban J connectivity index is 0.00000149. The Morgan fingerprint density at radius 1 is 1.16 bits per heavy atom. The first kappa shape index (κ1) is 29.6. The van der Waals surface area contributed by atoms with Crippen molar-refractivity contribution in [3.8, 4) is 17.2 Å². The van der Waals surface area contributed by atoms with Gasteiger partial charge in [0.2, 0.25) is 0 Å². The van der Waals surface area contributed by atoms with Gasteiger partial charge in [-0.15, -0.1) is 0 Å². The van der Waals surface area contributed by atoms with Gasteiger partial charge in [0.25, 0.3) is 5.91 Å². The first-order valence-corrected chi connectivity index (χ1v) is 11.7. The van der Waals surface area contributed by atoms with Crippen LogP contribution < -0.4 is 30.6 Å². The Labute approximate surface area is 215 Å². The van der Waals surface area contributed by atoms with E-state index in [1.165, 1.54) is 57.9 Å². The minimum Gasteiger partial charge on any atom is -0.496 e. The zero-order chi connectivity index (χ0) is 27.8. The second-order valence-electron chi connectivity index (χ2n) is 8.72. The minimum atomic E-state index is -3.19. The van der Waals surface area contributed by atoms with E-state index in [1.54, 1.807) is 27.8 Å². The van der Waals surface area contributed by atoms with Gasteiger partial charge in [-0.3, -0.25) is 4.79 Å². The Kier molecular flexibility index (Phi) is 10.4. The molecule has 37 heavy (non-hydrogen) atoms. The zero-order valence-electron chi connectivity index (χ0n) is 21.9. The van der Waals surface area contributed by atoms with Crippen LogP contribution in [-0.2, 0) is 0 Å². The van der Waals surface area contributed by atoms with Crippen LogP contribution >= 0.6 is 0 Å². The standard InChI is InChI=1S/C22H29F2N5O5.C3H6/c1-11(22(2,3)31)33-16-10-28-18(29-19(16)26-4)13(9-25)12-7-14(32-6)17(20(30)27-5)15(8-12)34-21(23)24;1-2-3-1/h7-11,21,31H,25H2,1-6H3,(H,27,30)(H,26,28,29);1-3H2/b13-9-;/t11-;/m1./s1. The third-order valence-corrected chi connectivity index (χ3v) is 5.32. The smallest absolute Gasteiger partial charge is 0.387 e. The first-order chi connectivity index (χ1) is 17.5. The fourth-order valence-corrected chi connectivity index (χ4v) is 2.84. The van der Waals surface area contributed by atoms with E-state index in [0.29, 0.717) is 5.82 Å². The Hall–Kier alpha value is -3.67. The molecule has 1 heterocycles. The van der Waals surface area contributed by atoms with Crippen LogP contribution in [0.2, 0.25) is 0 Å². The number of carbonyl (C=O) groups is 1. The Bertz CT molecular complexity index is 1100. The maximum absolute atomic E-state index is 13.1. The first-order valence-electron chi connectivity index (χ1n) is 11.7. The molecule has 1 amide bonds. The Morgan fingerprint density at radius 2 is 1.78 bits per heavy atom. The molecule has 10 nitrogen and oxygen atoms in total. The number of nitrogens with one attached hydrogen (secondary N) is 2. The molecule has 1 aromatic carbocycles. The molecule has 1 aliphatic carbocycles. The molecule has 0 saturated heterocycles. The van der Waals surface area contributed by atoms with E-state index < -0.39 is 30.0 Å². The van der Waals surface area contributed by atoms with Crippen molar-refractivity contribution < 1.29 is 32.9 Å². The largest absolute Gasteiger partial charge is 0.496 e. The summed E-state index contributed by atoms with van der Waals surface area (Å²) in [6.07, 6.45) is 6.51. The number of halogens is 2. The average molecular weight is 524 g/mol. The van der Waals surface area contributed by atoms with E-state index >= 15 is 0 Å². The highest BCUT2D eigenvalue weighted by Crippen LogP contribution is 2.36. The van der Waals surface area contributed by atoms with Crippen molar-refractivity contribution in [1.82, 2.24) is 15.3 Å². The SMILES string of the molecule is C1CC1.CNC(=O)c1c(OC)cc(/C(=C/N)c2ncc(O[C@H](C)C(C)(C)O)c(NC)n2)cc1OC(F)F. The summed E-state index contributed by atoms with van der Waals surface area (Å²) in [5.41, 5.74) is 5.03. The molecule has 1 saturated carbocycles. The summed E-state index contributed by atoms with van der Waals surface area (Å²) >= 11 is 0. The molecule has 204 valence electrons. The summed E-state index contributed by atoms with van der Waals surface area (Å²) in [4.78, 5) is 21.0. The lowest BCUT2D eigenvalue weighted by Crippen LogP contribution is -2.38. The second kappa shape index (κ2) is 13.0. The van der Waals surface area contributed by atoms with Crippen LogP contribution in [0.25, 0.3) is 5.57 Å². The average Bonchev–Trinajstić information content (AvgIpc) is 3.73. The number of carbonyl (C=O) groups excluding carboxylic acids is 1. The fraction of sp³-hybridized carbons (Fsp3) is 0.480. The molecule has 0 radical (unpaired) electrons. The lowest BCUT2D eigenvalue weighted by molar-refractivity contribution is -0.0502. The van der Waals surface area contributed by atoms with Crippen molar-refractivity contribution >= 4 is 17.3 Å². The second-order valence-corrected chi connectivity index (χ2v) is 8.72. The number of aromatic nitrogens is 2. The number of anilines is 1. The molecular formula is C25H35F2N5O5. The molecule has 1 aliphatic rings. The normalized spacial score (nSPS) is 13.7. The zero-order valence-corrected chi connectivity index (χ0v) is 21.9. The van der Waals surface area contributed by atoms with E-state index in [1.807, 2.05) is 0 Å². The summed E-state index contributed by atoms with van der Waals surface area (Å²) in [6.45, 7) is 1.73. The number of amides is 1. The molecule has 12 heteroatoms. The number of nitrogens with zero attached hydrogens (tertiary/aromatic N) is 2. The van der Waals surface area contributed by atoms with Crippen molar-refractivity contribution in [2.75, 3.05) is 26.5 Å². The quantitative estimate of drug-likeness (QED) is 0.368. The van der Waals surface area contributed by atoms with E-state index in [0.717, 1.165) is 0 Å². The van der Waals surface area contributed by atoms with Crippen molar-refractivity contribution in [1.29, 1.82) is 0 Å². The maximum Gasteiger partial charge on any atom is 0.387 e. The highest BCUT2D eigenvalue weighted by Gasteiger charge is 2.27.